The first-order valence-electron chi connectivity index (χ1n) is 7.19. The Balaban J connectivity index is 0.00000176. The van der Waals surface area contributed by atoms with Crippen molar-refractivity contribution in [2.75, 3.05) is 25.9 Å². The molecule has 2 heterocycles. The number of nitrogens with one attached hydrogen (secondary N) is 1. The first-order valence-corrected chi connectivity index (χ1v) is 9.00. The molecular formula is C15H20ClN3OS2. The van der Waals surface area contributed by atoms with E-state index >= 15 is 0 Å². The Morgan fingerprint density at radius 3 is 3.09 bits per heavy atom. The van der Waals surface area contributed by atoms with Crippen molar-refractivity contribution in [2.45, 2.75) is 23.2 Å². The van der Waals surface area contributed by atoms with E-state index in [1.54, 1.807) is 23.1 Å². The van der Waals surface area contributed by atoms with Gasteiger partial charge in [0.1, 0.15) is 0 Å². The predicted octanol–water partition coefficient (Wildman–Crippen LogP) is 3.02. The van der Waals surface area contributed by atoms with E-state index in [0.717, 1.165) is 35.8 Å². The van der Waals surface area contributed by atoms with Gasteiger partial charge in [-0.2, -0.15) is 0 Å². The zero-order valence-electron chi connectivity index (χ0n) is 12.4. The molecule has 1 amide bonds. The van der Waals surface area contributed by atoms with Crippen molar-refractivity contribution in [1.82, 2.24) is 15.2 Å². The largest absolute Gasteiger partial charge is 0.340 e. The first kappa shape index (κ1) is 17.5. The van der Waals surface area contributed by atoms with Gasteiger partial charge in [0, 0.05) is 19.1 Å². The van der Waals surface area contributed by atoms with Gasteiger partial charge >= 0.3 is 0 Å². The number of halogens is 1. The quantitative estimate of drug-likeness (QED) is 0.854. The highest BCUT2D eigenvalue weighted by atomic mass is 35.5. The van der Waals surface area contributed by atoms with Crippen molar-refractivity contribution in [3.8, 4) is 0 Å². The number of hydrogen-bond donors (Lipinski definition) is 1. The standard InChI is InChI=1S/C15H19N3OS2.ClH/c1-16-11-5-4-8-18(9-11)14(19)10-20-15-17-12-6-2-3-7-13(12)21-15;/h2-3,6-7,11,16H,4-5,8-10H2,1H3;1H. The van der Waals surface area contributed by atoms with Gasteiger partial charge in [-0.05, 0) is 32.0 Å². The molecule has 7 heteroatoms. The Morgan fingerprint density at radius 2 is 2.32 bits per heavy atom. The van der Waals surface area contributed by atoms with Crippen LogP contribution in [0.4, 0.5) is 0 Å². The molecule has 0 spiro atoms. The number of rotatable bonds is 4. The van der Waals surface area contributed by atoms with Crippen LogP contribution in [0.3, 0.4) is 0 Å². The molecule has 1 aliphatic heterocycles. The zero-order valence-corrected chi connectivity index (χ0v) is 14.9. The van der Waals surface area contributed by atoms with E-state index in [0.29, 0.717) is 11.8 Å². The van der Waals surface area contributed by atoms with E-state index < -0.39 is 0 Å². The van der Waals surface area contributed by atoms with Crippen LogP contribution in [0.1, 0.15) is 12.8 Å². The molecule has 120 valence electrons. The molecule has 1 unspecified atom stereocenters. The minimum absolute atomic E-state index is 0. The summed E-state index contributed by atoms with van der Waals surface area (Å²) in [7, 11) is 1.97. The number of nitrogens with zero attached hydrogens (tertiary/aromatic N) is 2. The molecule has 1 aromatic carbocycles. The topological polar surface area (TPSA) is 45.2 Å². The maximum Gasteiger partial charge on any atom is 0.233 e. The predicted molar refractivity (Wildman–Crippen MR) is 96.3 cm³/mol. The number of benzene rings is 1. The number of para-hydroxylation sites is 1. The zero-order chi connectivity index (χ0) is 14.7. The number of thioether (sulfide) groups is 1. The van der Waals surface area contributed by atoms with Gasteiger partial charge in [-0.15, -0.1) is 23.7 Å². The van der Waals surface area contributed by atoms with Crippen LogP contribution in [0.2, 0.25) is 0 Å². The van der Waals surface area contributed by atoms with Gasteiger partial charge in [-0.3, -0.25) is 4.79 Å². The van der Waals surface area contributed by atoms with Crippen LogP contribution in [0, 0.1) is 0 Å². The Labute approximate surface area is 145 Å². The van der Waals surface area contributed by atoms with Crippen LogP contribution in [-0.4, -0.2) is 47.7 Å². The molecule has 22 heavy (non-hydrogen) atoms. The third-order valence-electron chi connectivity index (χ3n) is 3.78. The van der Waals surface area contributed by atoms with Crippen molar-refractivity contribution in [1.29, 1.82) is 0 Å². The summed E-state index contributed by atoms with van der Waals surface area (Å²) < 4.78 is 2.16. The number of carbonyl (C=O) groups excluding carboxylic acids is 1. The summed E-state index contributed by atoms with van der Waals surface area (Å²) in [5.74, 6) is 0.704. The molecule has 1 saturated heterocycles. The van der Waals surface area contributed by atoms with Gasteiger partial charge < -0.3 is 10.2 Å². The number of carbonyl (C=O) groups is 1. The Morgan fingerprint density at radius 1 is 1.50 bits per heavy atom. The van der Waals surface area contributed by atoms with E-state index in [4.69, 9.17) is 0 Å². The number of likely N-dealkylation sites (tertiary alicyclic amines) is 1. The molecule has 0 aliphatic carbocycles. The molecule has 4 nitrogen and oxygen atoms in total. The van der Waals surface area contributed by atoms with Crippen LogP contribution >= 0.6 is 35.5 Å². The molecule has 1 fully saturated rings. The Bertz CT molecular complexity index is 601. The van der Waals surface area contributed by atoms with Crippen molar-refractivity contribution < 1.29 is 4.79 Å². The number of amides is 1. The fourth-order valence-corrected chi connectivity index (χ4v) is 4.54. The lowest BCUT2D eigenvalue weighted by atomic mass is 10.1. The second-order valence-corrected chi connectivity index (χ2v) is 7.46. The van der Waals surface area contributed by atoms with Gasteiger partial charge in [0.2, 0.25) is 5.91 Å². The number of likely N-dealkylation sites (N-methyl/N-ethyl adjacent to an activating group) is 1. The Hall–Kier alpha value is -0.820. The molecule has 1 aromatic heterocycles. The fourth-order valence-electron chi connectivity index (χ4n) is 2.57. The second kappa shape index (κ2) is 8.15. The number of aromatic nitrogens is 1. The lowest BCUT2D eigenvalue weighted by molar-refractivity contribution is -0.129. The minimum atomic E-state index is 0. The van der Waals surface area contributed by atoms with E-state index in [1.165, 1.54) is 4.70 Å². The van der Waals surface area contributed by atoms with Gasteiger partial charge in [-0.1, -0.05) is 23.9 Å². The van der Waals surface area contributed by atoms with Gasteiger partial charge in [0.15, 0.2) is 4.34 Å². The van der Waals surface area contributed by atoms with Crippen LogP contribution in [0.5, 0.6) is 0 Å². The van der Waals surface area contributed by atoms with E-state index in [9.17, 15) is 4.79 Å². The molecule has 0 radical (unpaired) electrons. The summed E-state index contributed by atoms with van der Waals surface area (Å²) in [6.45, 7) is 1.72. The molecule has 0 bridgehead atoms. The van der Waals surface area contributed by atoms with Crippen molar-refractivity contribution in [3.63, 3.8) is 0 Å². The normalized spacial score (nSPS) is 18.2. The first-order chi connectivity index (χ1) is 10.3. The maximum absolute atomic E-state index is 12.3. The summed E-state index contributed by atoms with van der Waals surface area (Å²) in [6, 6.07) is 8.54. The molecule has 1 atom stereocenters. The molecule has 2 aromatic rings. The van der Waals surface area contributed by atoms with Gasteiger partial charge in [-0.25, -0.2) is 4.98 Å². The van der Waals surface area contributed by atoms with E-state index in [1.807, 2.05) is 30.1 Å². The fraction of sp³-hybridized carbons (Fsp3) is 0.467. The molecular weight excluding hydrogens is 338 g/mol. The average Bonchev–Trinajstić information content (AvgIpc) is 2.95. The number of piperidine rings is 1. The highest BCUT2D eigenvalue weighted by Crippen LogP contribution is 2.29. The van der Waals surface area contributed by atoms with Crippen molar-refractivity contribution in [3.05, 3.63) is 24.3 Å². The molecule has 0 saturated carbocycles. The summed E-state index contributed by atoms with van der Waals surface area (Å²) in [5, 5.41) is 3.27. The third-order valence-corrected chi connectivity index (χ3v) is 5.94. The van der Waals surface area contributed by atoms with Crippen LogP contribution < -0.4 is 5.32 Å². The number of thiazole rings is 1. The van der Waals surface area contributed by atoms with Gasteiger partial charge in [0.25, 0.3) is 0 Å². The highest BCUT2D eigenvalue weighted by Gasteiger charge is 2.22. The summed E-state index contributed by atoms with van der Waals surface area (Å²) in [4.78, 5) is 18.8. The molecule has 1 N–H and O–H groups in total. The summed E-state index contributed by atoms with van der Waals surface area (Å²) in [6.07, 6.45) is 2.24. The van der Waals surface area contributed by atoms with Crippen LogP contribution in [0.15, 0.2) is 28.6 Å². The lowest BCUT2D eigenvalue weighted by Crippen LogP contribution is -2.47. The molecule has 1 aliphatic rings. The number of hydrogen-bond acceptors (Lipinski definition) is 5. The van der Waals surface area contributed by atoms with Crippen molar-refractivity contribution >= 4 is 51.6 Å². The SMILES string of the molecule is CNC1CCCN(C(=O)CSc2nc3ccccc3s2)C1.Cl. The maximum atomic E-state index is 12.3. The monoisotopic (exact) mass is 357 g/mol. The van der Waals surface area contributed by atoms with Gasteiger partial charge in [0.05, 0.1) is 16.0 Å². The third kappa shape index (κ3) is 4.13. The highest BCUT2D eigenvalue weighted by molar-refractivity contribution is 8.01. The minimum Gasteiger partial charge on any atom is -0.340 e. The van der Waals surface area contributed by atoms with Crippen LogP contribution in [0.25, 0.3) is 10.2 Å². The lowest BCUT2D eigenvalue weighted by Gasteiger charge is -2.32. The molecule has 3 rings (SSSR count). The summed E-state index contributed by atoms with van der Waals surface area (Å²) in [5.41, 5.74) is 1.02. The number of fused-ring (bicyclic) bond motifs is 1. The van der Waals surface area contributed by atoms with Crippen molar-refractivity contribution in [2.24, 2.45) is 0 Å². The van der Waals surface area contributed by atoms with E-state index in [-0.39, 0.29) is 18.3 Å². The average molecular weight is 358 g/mol. The van der Waals surface area contributed by atoms with E-state index in [2.05, 4.69) is 16.4 Å². The second-order valence-electron chi connectivity index (χ2n) is 5.20. The van der Waals surface area contributed by atoms with Crippen LogP contribution in [-0.2, 0) is 4.79 Å². The Kier molecular flexibility index (Phi) is 6.50. The summed E-state index contributed by atoms with van der Waals surface area (Å²) >= 11 is 3.21. The smallest absolute Gasteiger partial charge is 0.233 e.